The Labute approximate surface area is 197 Å². The molecule has 3 fully saturated rings. The lowest BCUT2D eigenvalue weighted by atomic mass is 9.50. The molecular formula is C30H48O2. The number of ether oxygens (including phenoxy) is 1. The van der Waals surface area contributed by atoms with Crippen LogP contribution in [0.4, 0.5) is 0 Å². The number of rotatable bonds is 6. The van der Waals surface area contributed by atoms with E-state index in [0.29, 0.717) is 11.3 Å². The topological polar surface area (TPSA) is 26.3 Å². The normalized spacial score (nSPS) is 40.5. The van der Waals surface area contributed by atoms with Crippen LogP contribution in [-0.4, -0.2) is 12.1 Å². The Kier molecular flexibility index (Phi) is 6.74. The molecule has 3 saturated carbocycles. The van der Waals surface area contributed by atoms with Gasteiger partial charge in [-0.25, -0.2) is 0 Å². The van der Waals surface area contributed by atoms with E-state index >= 15 is 0 Å². The fourth-order valence-electron chi connectivity index (χ4n) is 8.34. The van der Waals surface area contributed by atoms with E-state index in [2.05, 4.69) is 53.7 Å². The summed E-state index contributed by atoms with van der Waals surface area (Å²) in [6, 6.07) is 0. The molecule has 2 heteroatoms. The van der Waals surface area contributed by atoms with Gasteiger partial charge in [0.05, 0.1) is 0 Å². The highest BCUT2D eigenvalue weighted by atomic mass is 16.5. The fraction of sp³-hybridized carbons (Fsp3) is 0.833. The van der Waals surface area contributed by atoms with Crippen molar-refractivity contribution in [3.05, 3.63) is 23.3 Å². The first-order valence-electron chi connectivity index (χ1n) is 13.6. The quantitative estimate of drug-likeness (QED) is 0.390. The average Bonchev–Trinajstić information content (AvgIpc) is 3.08. The molecule has 4 aliphatic carbocycles. The van der Waals surface area contributed by atoms with Gasteiger partial charge in [-0.1, -0.05) is 77.7 Å². The van der Waals surface area contributed by atoms with Gasteiger partial charge in [0.25, 0.3) is 0 Å². The van der Waals surface area contributed by atoms with Crippen LogP contribution in [0.15, 0.2) is 23.3 Å². The summed E-state index contributed by atoms with van der Waals surface area (Å²) < 4.78 is 5.60. The van der Waals surface area contributed by atoms with E-state index in [1.54, 1.807) is 12.5 Å². The van der Waals surface area contributed by atoms with Gasteiger partial charge in [0.1, 0.15) is 6.10 Å². The van der Waals surface area contributed by atoms with E-state index in [-0.39, 0.29) is 17.5 Å². The Hall–Kier alpha value is -1.05. The highest BCUT2D eigenvalue weighted by molar-refractivity contribution is 5.66. The molecule has 0 aliphatic heterocycles. The Morgan fingerprint density at radius 3 is 2.44 bits per heavy atom. The third-order valence-electron chi connectivity index (χ3n) is 10.8. The molecule has 180 valence electrons. The molecule has 0 spiro atoms. The molecule has 0 saturated heterocycles. The minimum Gasteiger partial charge on any atom is -0.462 e. The van der Waals surface area contributed by atoms with Gasteiger partial charge in [-0.15, -0.1) is 0 Å². The van der Waals surface area contributed by atoms with Crippen molar-refractivity contribution in [3.63, 3.8) is 0 Å². The Bertz CT molecular complexity index is 776. The second kappa shape index (κ2) is 8.95. The number of allylic oxidation sites excluding steroid dienone is 3. The van der Waals surface area contributed by atoms with Crippen molar-refractivity contribution in [1.82, 2.24) is 0 Å². The summed E-state index contributed by atoms with van der Waals surface area (Å²) in [5.41, 5.74) is 4.08. The van der Waals surface area contributed by atoms with E-state index in [1.807, 2.05) is 0 Å². The molecular weight excluding hydrogens is 392 g/mol. The van der Waals surface area contributed by atoms with Crippen LogP contribution in [0.3, 0.4) is 0 Å². The number of carbonyl (C=O) groups excluding carboxylic acids is 1. The Balaban J connectivity index is 1.50. The second-order valence-corrected chi connectivity index (χ2v) is 12.9. The maximum Gasteiger partial charge on any atom is 0.302 e. The predicted octanol–water partition coefficient (Wildman–Crippen LogP) is 8.13. The first-order valence-corrected chi connectivity index (χ1v) is 13.6. The summed E-state index contributed by atoms with van der Waals surface area (Å²) in [7, 11) is 0. The molecule has 0 amide bonds. The monoisotopic (exact) mass is 440 g/mol. The van der Waals surface area contributed by atoms with Gasteiger partial charge in [0, 0.05) is 13.3 Å². The average molecular weight is 441 g/mol. The maximum atomic E-state index is 11.5. The summed E-state index contributed by atoms with van der Waals surface area (Å²) in [5.74, 6) is 4.71. The van der Waals surface area contributed by atoms with Crippen LogP contribution >= 0.6 is 0 Å². The molecule has 2 nitrogen and oxygen atoms in total. The zero-order valence-electron chi connectivity index (χ0n) is 21.9. The molecule has 8 unspecified atom stereocenters. The summed E-state index contributed by atoms with van der Waals surface area (Å²) in [6.07, 6.45) is 16.5. The second-order valence-electron chi connectivity index (χ2n) is 12.9. The summed E-state index contributed by atoms with van der Waals surface area (Å²) in [4.78, 5) is 11.5. The predicted molar refractivity (Wildman–Crippen MR) is 133 cm³/mol. The molecule has 8 atom stereocenters. The van der Waals surface area contributed by atoms with Gasteiger partial charge >= 0.3 is 5.97 Å². The molecule has 0 bridgehead atoms. The largest absolute Gasteiger partial charge is 0.462 e. The zero-order valence-corrected chi connectivity index (χ0v) is 21.9. The van der Waals surface area contributed by atoms with Crippen molar-refractivity contribution in [2.45, 2.75) is 112 Å². The SMILES string of the molecule is CC(=O)OC1CCC2(C)C(=CC=C3C2CCC2(C)C3CCC2C(C)CCC(C)C(C)C)C1. The van der Waals surface area contributed by atoms with E-state index < -0.39 is 0 Å². The maximum absolute atomic E-state index is 11.5. The molecule has 0 aromatic rings. The van der Waals surface area contributed by atoms with E-state index in [4.69, 9.17) is 4.74 Å². The van der Waals surface area contributed by atoms with Gasteiger partial charge in [-0.05, 0) is 84.9 Å². The molecule has 0 aromatic heterocycles. The van der Waals surface area contributed by atoms with E-state index in [1.165, 1.54) is 44.1 Å². The zero-order chi connectivity index (χ0) is 23.3. The first kappa shape index (κ1) is 24.1. The summed E-state index contributed by atoms with van der Waals surface area (Å²) in [6.45, 7) is 16.5. The molecule has 4 rings (SSSR count). The van der Waals surface area contributed by atoms with Crippen LogP contribution in [0.5, 0.6) is 0 Å². The van der Waals surface area contributed by atoms with Gasteiger partial charge in [0.15, 0.2) is 0 Å². The minimum absolute atomic E-state index is 0.0839. The molecule has 32 heavy (non-hydrogen) atoms. The van der Waals surface area contributed by atoms with Gasteiger partial charge in [-0.3, -0.25) is 4.79 Å². The van der Waals surface area contributed by atoms with Gasteiger partial charge < -0.3 is 4.74 Å². The van der Waals surface area contributed by atoms with Gasteiger partial charge in [-0.2, -0.15) is 0 Å². The van der Waals surface area contributed by atoms with Crippen LogP contribution in [-0.2, 0) is 9.53 Å². The van der Waals surface area contributed by atoms with Crippen molar-refractivity contribution in [2.24, 2.45) is 46.3 Å². The molecule has 0 radical (unpaired) electrons. The molecule has 4 aliphatic rings. The standard InChI is InChI=1S/C30H48O2/c1-19(2)20(3)8-9-21(4)26-12-13-27-25-11-10-23-18-24(32-22(5)31)14-16-29(23,6)28(25)15-17-30(26,27)7/h10-11,19-21,24,26-28H,8-9,12-18H2,1-7H3. The number of esters is 1. The fourth-order valence-corrected chi connectivity index (χ4v) is 8.34. The summed E-state index contributed by atoms with van der Waals surface area (Å²) in [5, 5.41) is 0. The Morgan fingerprint density at radius 2 is 1.75 bits per heavy atom. The molecule has 0 N–H and O–H groups in total. The number of hydrogen-bond acceptors (Lipinski definition) is 2. The molecule has 0 heterocycles. The first-order chi connectivity index (χ1) is 15.1. The van der Waals surface area contributed by atoms with Crippen molar-refractivity contribution in [2.75, 3.05) is 0 Å². The molecule has 0 aromatic carbocycles. The number of fused-ring (bicyclic) bond motifs is 5. The lowest BCUT2D eigenvalue weighted by Crippen LogP contribution is -2.46. The lowest BCUT2D eigenvalue weighted by Gasteiger charge is -2.55. The van der Waals surface area contributed by atoms with Crippen LogP contribution in [0, 0.1) is 46.3 Å². The van der Waals surface area contributed by atoms with Crippen LogP contribution in [0.25, 0.3) is 0 Å². The van der Waals surface area contributed by atoms with Crippen LogP contribution < -0.4 is 0 Å². The smallest absolute Gasteiger partial charge is 0.302 e. The van der Waals surface area contributed by atoms with E-state index in [9.17, 15) is 4.79 Å². The van der Waals surface area contributed by atoms with Gasteiger partial charge in [0.2, 0.25) is 0 Å². The highest BCUT2D eigenvalue weighted by Crippen LogP contribution is 2.66. The number of carbonyl (C=O) groups is 1. The third kappa shape index (κ3) is 4.14. The van der Waals surface area contributed by atoms with Crippen LogP contribution in [0.1, 0.15) is 106 Å². The lowest BCUT2D eigenvalue weighted by molar-refractivity contribution is -0.148. The highest BCUT2D eigenvalue weighted by Gasteiger charge is 2.57. The van der Waals surface area contributed by atoms with Crippen LogP contribution in [0.2, 0.25) is 0 Å². The summed E-state index contributed by atoms with van der Waals surface area (Å²) >= 11 is 0. The minimum atomic E-state index is -0.131. The van der Waals surface area contributed by atoms with E-state index in [0.717, 1.165) is 48.9 Å². The van der Waals surface area contributed by atoms with Crippen molar-refractivity contribution in [1.29, 1.82) is 0 Å². The number of hydrogen-bond donors (Lipinski definition) is 0. The Morgan fingerprint density at radius 1 is 1.00 bits per heavy atom. The van der Waals surface area contributed by atoms with Crippen molar-refractivity contribution >= 4 is 5.97 Å². The van der Waals surface area contributed by atoms with Crippen molar-refractivity contribution in [3.8, 4) is 0 Å². The van der Waals surface area contributed by atoms with Crippen molar-refractivity contribution < 1.29 is 9.53 Å². The third-order valence-corrected chi connectivity index (χ3v) is 10.8.